The average molecular weight is 413 g/mol. The smallest absolute Gasteiger partial charge is 0.410 e. The van der Waals surface area contributed by atoms with Crippen molar-refractivity contribution in [2.45, 2.75) is 45.8 Å². The summed E-state index contributed by atoms with van der Waals surface area (Å²) < 4.78 is 12.3. The van der Waals surface area contributed by atoms with E-state index in [0.29, 0.717) is 13.2 Å². The van der Waals surface area contributed by atoms with E-state index >= 15 is 0 Å². The number of amides is 1. The van der Waals surface area contributed by atoms with Crippen molar-refractivity contribution < 1.29 is 14.3 Å². The van der Waals surface area contributed by atoms with E-state index in [1.54, 1.807) is 0 Å². The highest BCUT2D eigenvalue weighted by atomic mass is 79.9. The number of ether oxygens (including phenoxy) is 2. The summed E-state index contributed by atoms with van der Waals surface area (Å²) in [6, 6.07) is 8.05. The van der Waals surface area contributed by atoms with Gasteiger partial charge >= 0.3 is 6.09 Å². The fraction of sp³-hybridized carbons (Fsp3) is 0.632. The Hall–Kier alpha value is -1.27. The van der Waals surface area contributed by atoms with Crippen LogP contribution in [0.25, 0.3) is 0 Å². The highest BCUT2D eigenvalue weighted by molar-refractivity contribution is 9.10. The lowest BCUT2D eigenvalue weighted by Gasteiger charge is -2.40. The van der Waals surface area contributed by atoms with Gasteiger partial charge in [0.25, 0.3) is 0 Å². The number of hydrogen-bond acceptors (Lipinski definition) is 4. The molecule has 1 fully saturated rings. The highest BCUT2D eigenvalue weighted by Crippen LogP contribution is 2.24. The average Bonchev–Trinajstić information content (AvgIpc) is 2.51. The number of piperazine rings is 1. The van der Waals surface area contributed by atoms with E-state index in [1.165, 1.54) is 0 Å². The molecule has 0 bridgehead atoms. The van der Waals surface area contributed by atoms with Crippen LogP contribution in [-0.2, 0) is 4.74 Å². The third-order valence-corrected chi connectivity index (χ3v) is 4.71. The molecule has 140 valence electrons. The Balaban J connectivity index is 1.70. The SMILES string of the molecule is C[C@@H]1CN(CCCOc2ccccc2Br)CCN1C(=O)OC(C)(C)C. The maximum absolute atomic E-state index is 12.2. The topological polar surface area (TPSA) is 42.0 Å². The van der Waals surface area contributed by atoms with Gasteiger partial charge in [0.05, 0.1) is 11.1 Å². The van der Waals surface area contributed by atoms with Gasteiger partial charge < -0.3 is 14.4 Å². The van der Waals surface area contributed by atoms with E-state index in [9.17, 15) is 4.79 Å². The fourth-order valence-corrected chi connectivity index (χ4v) is 3.26. The number of benzene rings is 1. The number of para-hydroxylation sites is 1. The molecule has 0 aromatic heterocycles. The summed E-state index contributed by atoms with van der Waals surface area (Å²) in [5.74, 6) is 0.880. The second kappa shape index (κ2) is 8.90. The molecule has 5 nitrogen and oxygen atoms in total. The number of hydrogen-bond donors (Lipinski definition) is 0. The van der Waals surface area contributed by atoms with Crippen LogP contribution in [-0.4, -0.2) is 60.3 Å². The van der Waals surface area contributed by atoms with Gasteiger partial charge in [-0.3, -0.25) is 4.90 Å². The van der Waals surface area contributed by atoms with Crippen molar-refractivity contribution in [1.82, 2.24) is 9.80 Å². The van der Waals surface area contributed by atoms with Gasteiger partial charge in [-0.15, -0.1) is 0 Å². The molecule has 2 rings (SSSR count). The first-order valence-corrected chi connectivity index (χ1v) is 9.65. The first-order chi connectivity index (χ1) is 11.8. The van der Waals surface area contributed by atoms with E-state index in [-0.39, 0.29) is 12.1 Å². The Morgan fingerprint density at radius 1 is 1.28 bits per heavy atom. The van der Waals surface area contributed by atoms with Crippen molar-refractivity contribution in [1.29, 1.82) is 0 Å². The largest absolute Gasteiger partial charge is 0.492 e. The van der Waals surface area contributed by atoms with Gasteiger partial charge in [0.2, 0.25) is 0 Å². The minimum Gasteiger partial charge on any atom is -0.492 e. The Bertz CT molecular complexity index is 574. The first kappa shape index (κ1) is 20.0. The summed E-state index contributed by atoms with van der Waals surface area (Å²) in [7, 11) is 0. The molecular weight excluding hydrogens is 384 g/mol. The van der Waals surface area contributed by atoms with Gasteiger partial charge in [-0.05, 0) is 62.2 Å². The molecule has 1 aromatic rings. The molecule has 0 saturated carbocycles. The number of rotatable bonds is 5. The lowest BCUT2D eigenvalue weighted by molar-refractivity contribution is 0.00105. The molecule has 1 aromatic carbocycles. The predicted molar refractivity (Wildman–Crippen MR) is 103 cm³/mol. The van der Waals surface area contributed by atoms with Gasteiger partial charge in [-0.25, -0.2) is 4.79 Å². The maximum atomic E-state index is 12.2. The molecule has 1 atom stereocenters. The zero-order valence-corrected chi connectivity index (χ0v) is 17.2. The molecule has 1 saturated heterocycles. The molecule has 1 amide bonds. The molecule has 25 heavy (non-hydrogen) atoms. The van der Waals surface area contributed by atoms with Gasteiger partial charge in [0.15, 0.2) is 0 Å². The molecule has 0 radical (unpaired) electrons. The van der Waals surface area contributed by atoms with Crippen LogP contribution in [0.2, 0.25) is 0 Å². The second-order valence-corrected chi connectivity index (χ2v) is 8.31. The van der Waals surface area contributed by atoms with Crippen LogP contribution >= 0.6 is 15.9 Å². The van der Waals surface area contributed by atoms with Crippen LogP contribution in [0.4, 0.5) is 4.79 Å². The minimum absolute atomic E-state index is 0.160. The van der Waals surface area contributed by atoms with Crippen LogP contribution in [0.3, 0.4) is 0 Å². The molecule has 0 N–H and O–H groups in total. The number of carbonyl (C=O) groups excluding carboxylic acids is 1. The van der Waals surface area contributed by atoms with Gasteiger partial charge in [-0.2, -0.15) is 0 Å². The van der Waals surface area contributed by atoms with E-state index in [0.717, 1.165) is 36.3 Å². The molecular formula is C19H29BrN2O3. The molecule has 6 heteroatoms. The number of halogens is 1. The zero-order chi connectivity index (χ0) is 18.4. The Kier molecular flexibility index (Phi) is 7.14. The molecule has 1 heterocycles. The van der Waals surface area contributed by atoms with E-state index < -0.39 is 5.60 Å². The van der Waals surface area contributed by atoms with Crippen molar-refractivity contribution in [2.24, 2.45) is 0 Å². The Morgan fingerprint density at radius 3 is 2.64 bits per heavy atom. The molecule has 1 aliphatic heterocycles. The van der Waals surface area contributed by atoms with Crippen LogP contribution in [0.5, 0.6) is 5.75 Å². The van der Waals surface area contributed by atoms with Crippen molar-refractivity contribution in [2.75, 3.05) is 32.8 Å². The monoisotopic (exact) mass is 412 g/mol. The zero-order valence-electron chi connectivity index (χ0n) is 15.6. The number of carbonyl (C=O) groups is 1. The first-order valence-electron chi connectivity index (χ1n) is 8.85. The van der Waals surface area contributed by atoms with E-state index in [1.807, 2.05) is 49.9 Å². The number of nitrogens with zero attached hydrogens (tertiary/aromatic N) is 2. The molecule has 0 spiro atoms. The third kappa shape index (κ3) is 6.51. The van der Waals surface area contributed by atoms with Crippen LogP contribution in [0.15, 0.2) is 28.7 Å². The minimum atomic E-state index is -0.447. The summed E-state index contributed by atoms with van der Waals surface area (Å²) in [5, 5.41) is 0. The van der Waals surface area contributed by atoms with Crippen molar-refractivity contribution in [3.05, 3.63) is 28.7 Å². The standard InChI is InChI=1S/C19H29BrN2O3/c1-15-14-21(11-12-22(15)18(23)25-19(2,3)4)10-7-13-24-17-9-6-5-8-16(17)20/h5-6,8-9,15H,7,10-14H2,1-4H3/t15-/m1/s1. The van der Waals surface area contributed by atoms with Crippen molar-refractivity contribution in [3.63, 3.8) is 0 Å². The fourth-order valence-electron chi connectivity index (χ4n) is 2.86. The maximum Gasteiger partial charge on any atom is 0.410 e. The molecule has 1 aliphatic rings. The van der Waals surface area contributed by atoms with Crippen LogP contribution in [0.1, 0.15) is 34.1 Å². The third-order valence-electron chi connectivity index (χ3n) is 4.05. The molecule has 0 unspecified atom stereocenters. The lowest BCUT2D eigenvalue weighted by atomic mass is 10.2. The summed E-state index contributed by atoms with van der Waals surface area (Å²) in [6.07, 6.45) is 0.748. The predicted octanol–water partition coefficient (Wildman–Crippen LogP) is 4.16. The summed E-state index contributed by atoms with van der Waals surface area (Å²) in [4.78, 5) is 16.5. The Morgan fingerprint density at radius 2 is 2.00 bits per heavy atom. The normalized spacial score (nSPS) is 18.9. The summed E-state index contributed by atoms with van der Waals surface area (Å²) in [5.41, 5.74) is -0.447. The van der Waals surface area contributed by atoms with Gasteiger partial charge in [0.1, 0.15) is 11.4 Å². The quantitative estimate of drug-likeness (QED) is 0.680. The van der Waals surface area contributed by atoms with Crippen molar-refractivity contribution >= 4 is 22.0 Å². The van der Waals surface area contributed by atoms with E-state index in [2.05, 4.69) is 27.8 Å². The van der Waals surface area contributed by atoms with Gasteiger partial charge in [-0.1, -0.05) is 12.1 Å². The van der Waals surface area contributed by atoms with E-state index in [4.69, 9.17) is 9.47 Å². The summed E-state index contributed by atoms with van der Waals surface area (Å²) in [6.45, 7) is 11.9. The highest BCUT2D eigenvalue weighted by Gasteiger charge is 2.30. The molecule has 0 aliphatic carbocycles. The Labute approximate surface area is 159 Å². The second-order valence-electron chi connectivity index (χ2n) is 7.46. The lowest BCUT2D eigenvalue weighted by Crippen LogP contribution is -2.55. The van der Waals surface area contributed by atoms with Crippen LogP contribution < -0.4 is 4.74 Å². The van der Waals surface area contributed by atoms with Gasteiger partial charge in [0, 0.05) is 32.2 Å². The van der Waals surface area contributed by atoms with Crippen molar-refractivity contribution in [3.8, 4) is 5.75 Å². The van der Waals surface area contributed by atoms with Crippen LogP contribution in [0, 0.1) is 0 Å². The summed E-state index contributed by atoms with van der Waals surface area (Å²) >= 11 is 3.49.